The van der Waals surface area contributed by atoms with Crippen LogP contribution in [0.4, 0.5) is 5.69 Å². The summed E-state index contributed by atoms with van der Waals surface area (Å²) in [6, 6.07) is 6.13. The summed E-state index contributed by atoms with van der Waals surface area (Å²) in [5.41, 5.74) is 1.62. The molecule has 1 aliphatic heterocycles. The van der Waals surface area contributed by atoms with Crippen LogP contribution in [0.3, 0.4) is 0 Å². The maximum absolute atomic E-state index is 12.9. The van der Waals surface area contributed by atoms with Crippen molar-refractivity contribution in [1.29, 1.82) is 0 Å². The molecule has 0 bridgehead atoms. The monoisotopic (exact) mass is 338 g/mol. The molecule has 1 amide bonds. The van der Waals surface area contributed by atoms with E-state index >= 15 is 0 Å². The van der Waals surface area contributed by atoms with Crippen molar-refractivity contribution >= 4 is 27.5 Å². The van der Waals surface area contributed by atoms with Gasteiger partial charge in [-0.3, -0.25) is 4.79 Å². The van der Waals surface area contributed by atoms with E-state index in [1.807, 2.05) is 37.8 Å². The average Bonchev–Trinajstić information content (AvgIpc) is 2.40. The highest BCUT2D eigenvalue weighted by Gasteiger charge is 2.40. The fraction of sp³-hybridized carbons (Fsp3) is 0.562. The molecule has 0 radical (unpaired) electrons. The molecule has 2 rings (SSSR count). The molecule has 0 aliphatic carbocycles. The van der Waals surface area contributed by atoms with Crippen molar-refractivity contribution in [1.82, 2.24) is 5.32 Å². The van der Waals surface area contributed by atoms with Gasteiger partial charge in [-0.2, -0.15) is 0 Å². The molecule has 0 unspecified atom stereocenters. The zero-order valence-electron chi connectivity index (χ0n) is 12.9. The highest BCUT2D eigenvalue weighted by molar-refractivity contribution is 9.10. The Bertz CT molecular complexity index is 537. The van der Waals surface area contributed by atoms with Crippen LogP contribution in [-0.4, -0.2) is 24.5 Å². The highest BCUT2D eigenvalue weighted by Crippen LogP contribution is 2.33. The number of benzene rings is 1. The van der Waals surface area contributed by atoms with Crippen LogP contribution < -0.4 is 10.2 Å². The summed E-state index contributed by atoms with van der Waals surface area (Å²) in [4.78, 5) is 14.8. The lowest BCUT2D eigenvalue weighted by molar-refractivity contribution is -0.125. The first-order valence-corrected chi connectivity index (χ1v) is 7.75. The quantitative estimate of drug-likeness (QED) is 0.849. The number of hydrogen-bond acceptors (Lipinski definition) is 2. The normalized spacial score (nSPS) is 21.7. The predicted octanol–water partition coefficient (Wildman–Crippen LogP) is 3.50. The molecule has 0 aromatic heterocycles. The minimum atomic E-state index is -0.405. The van der Waals surface area contributed by atoms with Crippen LogP contribution in [0, 0.1) is 12.3 Å². The van der Waals surface area contributed by atoms with Crippen molar-refractivity contribution in [2.24, 2.45) is 5.41 Å². The zero-order chi connectivity index (χ0) is 15.1. The minimum Gasteiger partial charge on any atom is -0.309 e. The second-order valence-corrected chi connectivity index (χ2v) is 7.82. The van der Waals surface area contributed by atoms with E-state index in [-0.39, 0.29) is 11.4 Å². The average molecular weight is 339 g/mol. The molecular formula is C16H23BrN2O. The molecule has 1 aromatic rings. The highest BCUT2D eigenvalue weighted by atomic mass is 79.9. The van der Waals surface area contributed by atoms with Crippen molar-refractivity contribution in [2.45, 2.75) is 40.2 Å². The molecular weight excluding hydrogens is 316 g/mol. The molecule has 20 heavy (non-hydrogen) atoms. The molecule has 1 heterocycles. The van der Waals surface area contributed by atoms with Crippen molar-refractivity contribution in [3.63, 3.8) is 0 Å². The summed E-state index contributed by atoms with van der Waals surface area (Å²) >= 11 is 3.60. The molecule has 1 aliphatic rings. The van der Waals surface area contributed by atoms with E-state index in [1.165, 1.54) is 5.56 Å². The number of aryl methyl sites for hydroxylation is 1. The van der Waals surface area contributed by atoms with Crippen LogP contribution in [0.5, 0.6) is 0 Å². The number of halogens is 1. The van der Waals surface area contributed by atoms with E-state index < -0.39 is 5.41 Å². The smallest absolute Gasteiger partial charge is 0.234 e. The molecule has 4 heteroatoms. The van der Waals surface area contributed by atoms with Crippen LogP contribution in [0.15, 0.2) is 22.7 Å². The summed E-state index contributed by atoms with van der Waals surface area (Å²) in [7, 11) is 0. The maximum atomic E-state index is 12.9. The summed E-state index contributed by atoms with van der Waals surface area (Å²) in [6.45, 7) is 11.7. The summed E-state index contributed by atoms with van der Waals surface area (Å²) in [6.07, 6.45) is 0. The lowest BCUT2D eigenvalue weighted by Crippen LogP contribution is -2.47. The third kappa shape index (κ3) is 3.07. The van der Waals surface area contributed by atoms with Crippen LogP contribution in [0.1, 0.15) is 33.3 Å². The molecule has 0 atom stereocenters. The summed E-state index contributed by atoms with van der Waals surface area (Å²) < 4.78 is 0.972. The van der Waals surface area contributed by atoms with Gasteiger partial charge in [-0.25, -0.2) is 0 Å². The number of hydrogen-bond donors (Lipinski definition) is 1. The van der Waals surface area contributed by atoms with Crippen LogP contribution >= 0.6 is 15.9 Å². The van der Waals surface area contributed by atoms with E-state index in [0.717, 1.165) is 10.2 Å². The Kier molecular flexibility index (Phi) is 4.00. The Morgan fingerprint density at radius 1 is 1.25 bits per heavy atom. The molecule has 1 aromatic carbocycles. The fourth-order valence-corrected chi connectivity index (χ4v) is 3.16. The van der Waals surface area contributed by atoms with Gasteiger partial charge < -0.3 is 10.2 Å². The second-order valence-electron chi connectivity index (χ2n) is 6.97. The van der Waals surface area contributed by atoms with E-state index in [1.54, 1.807) is 0 Å². The van der Waals surface area contributed by atoms with E-state index in [9.17, 15) is 4.79 Å². The van der Waals surface area contributed by atoms with E-state index in [2.05, 4.69) is 41.2 Å². The third-order valence-electron chi connectivity index (χ3n) is 3.78. The molecule has 1 saturated heterocycles. The number of amides is 1. The first-order chi connectivity index (χ1) is 9.12. The van der Waals surface area contributed by atoms with Gasteiger partial charge >= 0.3 is 0 Å². The summed E-state index contributed by atoms with van der Waals surface area (Å²) in [5, 5.41) is 3.49. The molecule has 0 spiro atoms. The van der Waals surface area contributed by atoms with Crippen molar-refractivity contribution in [2.75, 3.05) is 18.0 Å². The number of carbonyl (C=O) groups is 1. The summed E-state index contributed by atoms with van der Waals surface area (Å²) in [5.74, 6) is 0.167. The standard InChI is InChI=1S/C16H23BrN2O/c1-11-6-7-13(12(17)8-11)19-10-16(4,5)18-9-15(2,3)14(19)20/h6-8,18H,9-10H2,1-5H3. The van der Waals surface area contributed by atoms with Gasteiger partial charge in [0.05, 0.1) is 11.1 Å². The number of nitrogens with one attached hydrogen (secondary N) is 1. The van der Waals surface area contributed by atoms with Gasteiger partial charge in [-0.1, -0.05) is 6.07 Å². The molecule has 0 saturated carbocycles. The zero-order valence-corrected chi connectivity index (χ0v) is 14.5. The Balaban J connectivity index is 2.48. The van der Waals surface area contributed by atoms with Gasteiger partial charge in [0.25, 0.3) is 0 Å². The second kappa shape index (κ2) is 5.15. The first kappa shape index (κ1) is 15.5. The molecule has 3 nitrogen and oxygen atoms in total. The van der Waals surface area contributed by atoms with Gasteiger partial charge in [-0.05, 0) is 68.2 Å². The molecule has 110 valence electrons. The maximum Gasteiger partial charge on any atom is 0.234 e. The lowest BCUT2D eigenvalue weighted by atomic mass is 9.91. The third-order valence-corrected chi connectivity index (χ3v) is 4.42. The fourth-order valence-electron chi connectivity index (χ4n) is 2.45. The lowest BCUT2D eigenvalue weighted by Gasteiger charge is -2.31. The predicted molar refractivity (Wildman–Crippen MR) is 87.1 cm³/mol. The topological polar surface area (TPSA) is 32.3 Å². The first-order valence-electron chi connectivity index (χ1n) is 6.96. The van der Waals surface area contributed by atoms with Crippen LogP contribution in [0.2, 0.25) is 0 Å². The SMILES string of the molecule is Cc1ccc(N2CC(C)(C)NCC(C)(C)C2=O)c(Br)c1. The molecule has 1 fully saturated rings. The van der Waals surface area contributed by atoms with Crippen molar-refractivity contribution in [3.05, 3.63) is 28.2 Å². The van der Waals surface area contributed by atoms with E-state index in [4.69, 9.17) is 0 Å². The molecule has 1 N–H and O–H groups in total. The van der Waals surface area contributed by atoms with Crippen LogP contribution in [-0.2, 0) is 4.79 Å². The Hall–Kier alpha value is -0.870. The van der Waals surface area contributed by atoms with Crippen molar-refractivity contribution in [3.8, 4) is 0 Å². The van der Waals surface area contributed by atoms with Gasteiger partial charge in [0.15, 0.2) is 0 Å². The van der Waals surface area contributed by atoms with Gasteiger partial charge in [0, 0.05) is 23.1 Å². The van der Waals surface area contributed by atoms with E-state index in [0.29, 0.717) is 13.1 Å². The van der Waals surface area contributed by atoms with Crippen LogP contribution in [0.25, 0.3) is 0 Å². The Morgan fingerprint density at radius 2 is 1.90 bits per heavy atom. The van der Waals surface area contributed by atoms with Gasteiger partial charge in [-0.15, -0.1) is 0 Å². The Labute approximate surface area is 129 Å². The number of carbonyl (C=O) groups excluding carboxylic acids is 1. The largest absolute Gasteiger partial charge is 0.309 e. The van der Waals surface area contributed by atoms with Gasteiger partial charge in [0.2, 0.25) is 5.91 Å². The number of rotatable bonds is 1. The number of anilines is 1. The van der Waals surface area contributed by atoms with Gasteiger partial charge in [0.1, 0.15) is 0 Å². The minimum absolute atomic E-state index is 0.103. The Morgan fingerprint density at radius 3 is 2.50 bits per heavy atom. The van der Waals surface area contributed by atoms with Crippen molar-refractivity contribution < 1.29 is 4.79 Å². The number of nitrogens with zero attached hydrogens (tertiary/aromatic N) is 1.